The van der Waals surface area contributed by atoms with Crippen LogP contribution in [0.5, 0.6) is 0 Å². The lowest BCUT2D eigenvalue weighted by Gasteiger charge is -2.08. The predicted octanol–water partition coefficient (Wildman–Crippen LogP) is 12.9. The van der Waals surface area contributed by atoms with E-state index < -0.39 is 0 Å². The predicted molar refractivity (Wildman–Crippen MR) is 220 cm³/mol. The van der Waals surface area contributed by atoms with Crippen molar-refractivity contribution in [3.63, 3.8) is 0 Å². The molecular weight excluding hydrogens is 688 g/mol. The van der Waals surface area contributed by atoms with Crippen LogP contribution in [0.4, 0.5) is 0 Å². The van der Waals surface area contributed by atoms with Gasteiger partial charge >= 0.3 is 0 Å². The van der Waals surface area contributed by atoms with Gasteiger partial charge in [-0.1, -0.05) is 159 Å². The van der Waals surface area contributed by atoms with Crippen LogP contribution in [0.25, 0.3) is 22.1 Å². The van der Waals surface area contributed by atoms with E-state index in [1.54, 1.807) is 0 Å². The Morgan fingerprint density at radius 3 is 1.18 bits per heavy atom. The van der Waals surface area contributed by atoms with Gasteiger partial charge in [-0.3, -0.25) is 0 Å². The maximum absolute atomic E-state index is 4.08. The molecule has 2 heterocycles. The highest BCUT2D eigenvalue weighted by Crippen LogP contribution is 2.24. The molecule has 2 aromatic heterocycles. The number of hydrogen-bond donors (Lipinski definition) is 0. The molecule has 0 aliphatic heterocycles. The van der Waals surface area contributed by atoms with Crippen molar-refractivity contribution in [2.45, 2.75) is 168 Å². The van der Waals surface area contributed by atoms with Crippen LogP contribution in [-0.4, -0.2) is 9.13 Å². The molecule has 5 rings (SSSR count). The third-order valence-electron chi connectivity index (χ3n) is 10.9. The first kappa shape index (κ1) is 39.3. The second kappa shape index (κ2) is 22.2. The first-order chi connectivity index (χ1) is 25.2. The van der Waals surface area contributed by atoms with Crippen molar-refractivity contribution < 1.29 is 9.13 Å². The Kier molecular flexibility index (Phi) is 17.1. The van der Waals surface area contributed by atoms with Crippen LogP contribution in [0.15, 0.2) is 83.9 Å². The van der Waals surface area contributed by atoms with E-state index in [0.717, 1.165) is 26.2 Å². The van der Waals surface area contributed by atoms with Gasteiger partial charge in [0, 0.05) is 15.6 Å². The van der Waals surface area contributed by atoms with E-state index in [-0.39, 0.29) is 0 Å². The number of hydrogen-bond acceptors (Lipinski definition) is 0. The summed E-state index contributed by atoms with van der Waals surface area (Å²) >= 11 is 4.08. The SMILES string of the molecule is CCCCCCCCCCCCn1c[n+](Cc2cccc(C[n+]3cn(CCCCCCCCCCCC)c4ccccc43)c2Br)c2ccccc21. The van der Waals surface area contributed by atoms with Gasteiger partial charge in [0.1, 0.15) is 13.1 Å². The van der Waals surface area contributed by atoms with Gasteiger partial charge in [-0.25, -0.2) is 18.3 Å². The Morgan fingerprint density at radius 2 is 0.784 bits per heavy atom. The van der Waals surface area contributed by atoms with Crippen LogP contribution < -0.4 is 9.13 Å². The van der Waals surface area contributed by atoms with Crippen molar-refractivity contribution >= 4 is 38.0 Å². The number of fused-ring (bicyclic) bond motifs is 2. The molecular formula is C46H67BrN4+2. The van der Waals surface area contributed by atoms with Crippen LogP contribution >= 0.6 is 15.9 Å². The minimum absolute atomic E-state index is 0.852. The quantitative estimate of drug-likeness (QED) is 0.0395. The summed E-state index contributed by atoms with van der Waals surface area (Å²) in [4.78, 5) is 0. The molecule has 5 aromatic rings. The monoisotopic (exact) mass is 754 g/mol. The zero-order chi connectivity index (χ0) is 35.5. The molecule has 0 atom stereocenters. The molecule has 0 unspecified atom stereocenters. The fraction of sp³-hybridized carbons (Fsp3) is 0.565. The molecule has 0 saturated carbocycles. The summed E-state index contributed by atoms with van der Waals surface area (Å²) < 4.78 is 11.1. The highest BCUT2D eigenvalue weighted by molar-refractivity contribution is 9.10. The number of imidazole rings is 2. The summed E-state index contributed by atoms with van der Waals surface area (Å²) in [6, 6.07) is 24.7. The summed E-state index contributed by atoms with van der Waals surface area (Å²) in [5.41, 5.74) is 7.96. The number of nitrogens with zero attached hydrogens (tertiary/aromatic N) is 4. The standard InChI is InChI=1S/C46H67BrN4/c1-3-5-7-9-11-13-15-17-19-25-34-48-38-50(44-32-23-21-30-42(44)48)36-40-28-27-29-41(46(40)47)37-51-39-49(43-31-22-24-33-45(43)51)35-26-20-18-16-14-12-10-8-6-4-2/h21-24,27-33,38-39H,3-20,25-26,34-37H2,1-2H3/q+2. The van der Waals surface area contributed by atoms with Crippen molar-refractivity contribution in [1.82, 2.24) is 9.13 Å². The van der Waals surface area contributed by atoms with Crippen LogP contribution in [-0.2, 0) is 26.2 Å². The highest BCUT2D eigenvalue weighted by atomic mass is 79.9. The molecule has 4 nitrogen and oxygen atoms in total. The van der Waals surface area contributed by atoms with Crippen molar-refractivity contribution in [1.29, 1.82) is 0 Å². The summed E-state index contributed by atoms with van der Waals surface area (Å²) in [6.45, 7) is 8.48. The van der Waals surface area contributed by atoms with Gasteiger partial charge in [0.15, 0.2) is 22.1 Å². The van der Waals surface area contributed by atoms with E-state index in [1.165, 1.54) is 166 Å². The molecule has 0 bridgehead atoms. The normalized spacial score (nSPS) is 11.7. The average Bonchev–Trinajstić information content (AvgIpc) is 3.68. The van der Waals surface area contributed by atoms with Crippen molar-refractivity contribution in [2.75, 3.05) is 0 Å². The molecule has 0 aliphatic carbocycles. The van der Waals surface area contributed by atoms with Gasteiger partial charge in [-0.15, -0.1) is 0 Å². The fourth-order valence-electron chi connectivity index (χ4n) is 7.88. The largest absolute Gasteiger partial charge is 0.245 e. The van der Waals surface area contributed by atoms with Gasteiger partial charge in [-0.2, -0.15) is 0 Å². The van der Waals surface area contributed by atoms with Gasteiger partial charge < -0.3 is 0 Å². The first-order valence-electron chi connectivity index (χ1n) is 20.9. The minimum Gasteiger partial charge on any atom is -0.230 e. The molecule has 0 aliphatic rings. The van der Waals surface area contributed by atoms with Crippen LogP contribution in [0.3, 0.4) is 0 Å². The smallest absolute Gasteiger partial charge is 0.230 e. The lowest BCUT2D eigenvalue weighted by atomic mass is 10.1. The third kappa shape index (κ3) is 12.1. The highest BCUT2D eigenvalue weighted by Gasteiger charge is 2.20. The Bertz CT molecular complexity index is 1590. The molecule has 3 aromatic carbocycles. The number of para-hydroxylation sites is 4. The fourth-order valence-corrected chi connectivity index (χ4v) is 8.39. The Hall–Kier alpha value is -2.92. The molecule has 0 fully saturated rings. The van der Waals surface area contributed by atoms with Gasteiger partial charge in [0.2, 0.25) is 12.7 Å². The van der Waals surface area contributed by atoms with E-state index in [0.29, 0.717) is 0 Å². The van der Waals surface area contributed by atoms with E-state index in [4.69, 9.17) is 0 Å². The molecule has 0 spiro atoms. The summed E-state index contributed by atoms with van der Waals surface area (Å²) in [5, 5.41) is 0. The van der Waals surface area contributed by atoms with Crippen LogP contribution in [0.1, 0.15) is 153 Å². The molecule has 5 heteroatoms. The van der Waals surface area contributed by atoms with E-state index in [2.05, 4.69) is 127 Å². The van der Waals surface area contributed by atoms with Crippen LogP contribution in [0, 0.1) is 0 Å². The molecule has 0 radical (unpaired) electrons. The Labute approximate surface area is 318 Å². The maximum atomic E-state index is 4.08. The number of halogens is 1. The van der Waals surface area contributed by atoms with Crippen molar-refractivity contribution in [2.24, 2.45) is 0 Å². The number of aryl methyl sites for hydroxylation is 2. The maximum Gasteiger partial charge on any atom is 0.245 e. The Morgan fingerprint density at radius 1 is 0.431 bits per heavy atom. The third-order valence-corrected chi connectivity index (χ3v) is 11.9. The van der Waals surface area contributed by atoms with Crippen LogP contribution in [0.2, 0.25) is 0 Å². The molecule has 0 amide bonds. The number of rotatable bonds is 26. The number of unbranched alkanes of at least 4 members (excludes halogenated alkanes) is 18. The molecule has 0 saturated heterocycles. The lowest BCUT2D eigenvalue weighted by molar-refractivity contribution is -0.664. The Balaban J connectivity index is 1.16. The molecule has 51 heavy (non-hydrogen) atoms. The van der Waals surface area contributed by atoms with E-state index >= 15 is 0 Å². The topological polar surface area (TPSA) is 17.6 Å². The zero-order valence-corrected chi connectivity index (χ0v) is 33.7. The van der Waals surface area contributed by atoms with Gasteiger partial charge in [0.05, 0.1) is 13.1 Å². The summed E-state index contributed by atoms with van der Waals surface area (Å²) in [5.74, 6) is 0. The summed E-state index contributed by atoms with van der Waals surface area (Å²) in [7, 11) is 0. The summed E-state index contributed by atoms with van der Waals surface area (Å²) in [6.07, 6.45) is 32.2. The van der Waals surface area contributed by atoms with E-state index in [1.807, 2.05) is 0 Å². The molecule has 276 valence electrons. The lowest BCUT2D eigenvalue weighted by Crippen LogP contribution is -2.34. The number of benzene rings is 3. The average molecular weight is 756 g/mol. The van der Waals surface area contributed by atoms with Gasteiger partial charge in [-0.05, 0) is 65.9 Å². The van der Waals surface area contributed by atoms with Crippen molar-refractivity contribution in [3.05, 3.63) is 95.0 Å². The van der Waals surface area contributed by atoms with E-state index in [9.17, 15) is 0 Å². The first-order valence-corrected chi connectivity index (χ1v) is 21.7. The second-order valence-electron chi connectivity index (χ2n) is 15.1. The molecule has 0 N–H and O–H groups in total. The zero-order valence-electron chi connectivity index (χ0n) is 32.1. The number of aromatic nitrogens is 4. The second-order valence-corrected chi connectivity index (χ2v) is 15.9. The van der Waals surface area contributed by atoms with Crippen molar-refractivity contribution in [3.8, 4) is 0 Å². The van der Waals surface area contributed by atoms with Gasteiger partial charge in [0.25, 0.3) is 0 Å². The minimum atomic E-state index is 0.852.